The molecule has 5 aromatic rings. The molecule has 2 aromatic carbocycles. The molecule has 5 heterocycles. The number of nitrogen functional groups attached to an aromatic ring is 1. The zero-order valence-electron chi connectivity index (χ0n) is 38.9. The van der Waals surface area contributed by atoms with Gasteiger partial charge in [0.25, 0.3) is 5.56 Å². The number of ether oxygens (including phenoxy) is 4. The number of hydrogen-bond donors (Lipinski definition) is 5. The molecule has 72 heavy (non-hydrogen) atoms. The Morgan fingerprint density at radius 2 is 1.51 bits per heavy atom. The molecule has 392 valence electrons. The average molecular weight is 1070 g/mol. The van der Waals surface area contributed by atoms with Crippen molar-refractivity contribution in [2.75, 3.05) is 32.2 Å². The van der Waals surface area contributed by atoms with Gasteiger partial charge in [-0.15, -0.1) is 0 Å². The lowest BCUT2D eigenvalue weighted by molar-refractivity contribution is -0.0500. The molecule has 0 spiro atoms. The summed E-state index contributed by atoms with van der Waals surface area (Å²) >= 11 is 0.502. The second kappa shape index (κ2) is 25.8. The molecule has 3 aromatic heterocycles. The highest BCUT2D eigenvalue weighted by Crippen LogP contribution is 2.58. The van der Waals surface area contributed by atoms with Crippen LogP contribution in [0.25, 0.3) is 11.2 Å². The van der Waals surface area contributed by atoms with Gasteiger partial charge in [-0.2, -0.15) is 0 Å². The van der Waals surface area contributed by atoms with Gasteiger partial charge in [0.1, 0.15) is 41.7 Å². The zero-order valence-corrected chi connectivity index (χ0v) is 41.5. The van der Waals surface area contributed by atoms with Gasteiger partial charge >= 0.3 is 26.3 Å². The number of aromatic amines is 1. The number of esters is 1. The Hall–Kier alpha value is -4.91. The number of carbonyl (C=O) groups is 1. The van der Waals surface area contributed by atoms with E-state index in [1.54, 1.807) is 36.4 Å². The van der Waals surface area contributed by atoms with Gasteiger partial charge in [-0.1, -0.05) is 63.5 Å². The number of anilines is 1. The van der Waals surface area contributed by atoms with Crippen molar-refractivity contribution >= 4 is 49.0 Å². The van der Waals surface area contributed by atoms with Crippen molar-refractivity contribution in [3.05, 3.63) is 105 Å². The molecule has 0 amide bonds. The second-order valence-electron chi connectivity index (χ2n) is 17.0. The summed E-state index contributed by atoms with van der Waals surface area (Å²) in [6, 6.07) is 13.8. The summed E-state index contributed by atoms with van der Waals surface area (Å²) in [5.41, 5.74) is 5.20. The van der Waals surface area contributed by atoms with Gasteiger partial charge in [0.2, 0.25) is 0 Å². The number of unbranched alkanes of at least 4 members (excludes halogenated alkanes) is 9. The third-order valence-corrected chi connectivity index (χ3v) is 15.6. The number of aliphatic hydroxyl groups is 1. The maximum atomic E-state index is 16.4. The number of aromatic nitrogens is 6. The number of phosphoric acid groups is 1. The Balaban J connectivity index is 0.882. The van der Waals surface area contributed by atoms with E-state index in [-0.39, 0.29) is 35.1 Å². The normalized spacial score (nSPS) is 22.7. The number of H-pyrrole nitrogens is 1. The van der Waals surface area contributed by atoms with E-state index in [0.29, 0.717) is 34.9 Å². The fraction of sp³-hybridized carbons (Fsp3) is 0.511. The van der Waals surface area contributed by atoms with E-state index < -0.39 is 94.6 Å². The predicted molar refractivity (Wildman–Crippen MR) is 258 cm³/mol. The highest BCUT2D eigenvalue weighted by molar-refractivity contribution is 8.54. The molecule has 2 aliphatic rings. The molecule has 2 saturated heterocycles. The number of benzene rings is 2. The first kappa shape index (κ1) is 54.9. The van der Waals surface area contributed by atoms with Crippen LogP contribution in [0, 0.1) is 0 Å². The molecule has 0 aliphatic carbocycles. The minimum Gasteiger partial charge on any atom is -0.494 e. The molecule has 27 heteroatoms. The summed E-state index contributed by atoms with van der Waals surface area (Å²) in [5.74, 6) is 0.152. The number of fused-ring (bicyclic) bond motifs is 1. The lowest BCUT2D eigenvalue weighted by Gasteiger charge is -2.23. The first-order chi connectivity index (χ1) is 34.6. The molecule has 0 saturated carbocycles. The van der Waals surface area contributed by atoms with E-state index in [2.05, 4.69) is 15.0 Å². The summed E-state index contributed by atoms with van der Waals surface area (Å²) in [7, 11) is -5.26. The number of aliphatic hydroxyl groups excluding tert-OH is 1. The monoisotopic (exact) mass is 1070 g/mol. The van der Waals surface area contributed by atoms with Crippen LogP contribution in [0.4, 0.5) is 14.6 Å². The van der Waals surface area contributed by atoms with E-state index in [0.717, 1.165) is 66.2 Å². The first-order valence-corrected chi connectivity index (χ1v) is 28.0. The number of nitrogens with one attached hydrogen (secondary N) is 1. The van der Waals surface area contributed by atoms with Crippen LogP contribution in [-0.2, 0) is 37.9 Å². The van der Waals surface area contributed by atoms with Crippen molar-refractivity contribution in [2.24, 2.45) is 0 Å². The van der Waals surface area contributed by atoms with Crippen LogP contribution in [-0.4, -0.2) is 107 Å². The lowest BCUT2D eigenvalue weighted by atomic mass is 10.1. The molecule has 22 nitrogen and oxygen atoms in total. The second-order valence-corrected chi connectivity index (χ2v) is 22.4. The molecule has 2 fully saturated rings. The van der Waals surface area contributed by atoms with Gasteiger partial charge in [0, 0.05) is 31.0 Å². The van der Waals surface area contributed by atoms with E-state index in [1.165, 1.54) is 44.2 Å². The van der Waals surface area contributed by atoms with Gasteiger partial charge < -0.3 is 39.6 Å². The Kier molecular flexibility index (Phi) is 19.7. The fourth-order valence-electron chi connectivity index (χ4n) is 7.96. The smallest absolute Gasteiger partial charge is 0.472 e. The molecule has 7 rings (SSSR count). The number of alkyl halides is 2. The number of rotatable bonds is 28. The summed E-state index contributed by atoms with van der Waals surface area (Å²) in [4.78, 5) is 72.2. The van der Waals surface area contributed by atoms with Crippen LogP contribution in [0.3, 0.4) is 0 Å². The summed E-state index contributed by atoms with van der Waals surface area (Å²) in [6.07, 6.45) is 2.00. The molecular formula is C45H57F2N7O15P2S. The van der Waals surface area contributed by atoms with Crippen LogP contribution < -0.4 is 26.5 Å². The minimum atomic E-state index is -5.26. The average Bonchev–Trinajstić information content (AvgIpc) is 4.05. The van der Waals surface area contributed by atoms with E-state index in [4.69, 9.17) is 43.4 Å². The lowest BCUT2D eigenvalue weighted by Crippen LogP contribution is -2.34. The third kappa shape index (κ3) is 15.3. The number of nitrogens with two attached hydrogens (primary N) is 1. The van der Waals surface area contributed by atoms with Crippen LogP contribution in [0.2, 0.25) is 0 Å². The van der Waals surface area contributed by atoms with Gasteiger partial charge in [0.05, 0.1) is 37.8 Å². The van der Waals surface area contributed by atoms with Crippen LogP contribution in [0.15, 0.2) is 83.0 Å². The minimum absolute atomic E-state index is 0.0267. The quantitative estimate of drug-likeness (QED) is 0.0148. The van der Waals surface area contributed by atoms with Crippen molar-refractivity contribution in [3.8, 4) is 11.5 Å². The molecular weight excluding hydrogens is 1010 g/mol. The number of phosphoric ester groups is 1. The van der Waals surface area contributed by atoms with Crippen molar-refractivity contribution in [1.29, 1.82) is 0 Å². The number of hydrogen-bond acceptors (Lipinski definition) is 18. The number of nitrogens with zero attached hydrogens (tertiary/aromatic N) is 5. The van der Waals surface area contributed by atoms with E-state index in [9.17, 15) is 37.7 Å². The standard InChI is InChI=1S/C45H57F2N7O15P2S/c46-34-23-33(66-42(34)53-20-19-36(56)52-45(53)58)24-64-70(59,60)69-39-35(68-43(37(39)47)54-28-51-38-40(48)49-27-50-41(38)54)25-65-71(61,62)72-26-29-11-15-32(16-12-29)67-44(57)30-13-17-31(18-14-30)63-22-10-8-6-4-2-1-3-5-7-9-21-55/h11-20,27-28,33-35,37,39,42-43,55H,1-10,21-26H2,(H,59,60)(H,61,62)(H2,48,49,50)(H,52,56,58)/t33-,34+,35+,37+,39+,42+,43+/m0/s1. The maximum Gasteiger partial charge on any atom is 0.472 e. The van der Waals surface area contributed by atoms with Crippen LogP contribution in [0.5, 0.6) is 11.5 Å². The summed E-state index contributed by atoms with van der Waals surface area (Å²) in [5, 5.41) is 8.85. The first-order valence-electron chi connectivity index (χ1n) is 23.4. The van der Waals surface area contributed by atoms with Crippen molar-refractivity contribution in [2.45, 2.75) is 119 Å². The molecule has 6 N–H and O–H groups in total. The highest BCUT2D eigenvalue weighted by Gasteiger charge is 2.51. The molecule has 0 bridgehead atoms. The Bertz CT molecular complexity index is 2780. The molecule has 0 radical (unpaired) electrons. The summed E-state index contributed by atoms with van der Waals surface area (Å²) in [6.45, 7) is -5.32. The summed E-state index contributed by atoms with van der Waals surface area (Å²) < 4.78 is 98.4. The molecule has 2 aliphatic heterocycles. The Morgan fingerprint density at radius 1 is 0.833 bits per heavy atom. The molecule has 9 atom stereocenters. The van der Waals surface area contributed by atoms with Gasteiger partial charge in [-0.3, -0.25) is 32.5 Å². The Labute approximate surface area is 415 Å². The maximum absolute atomic E-state index is 16.4. The Morgan fingerprint density at radius 3 is 2.21 bits per heavy atom. The number of carbonyl (C=O) groups excluding carboxylic acids is 1. The predicted octanol–water partition coefficient (Wildman–Crippen LogP) is 6.86. The van der Waals surface area contributed by atoms with E-state index >= 15 is 4.39 Å². The largest absolute Gasteiger partial charge is 0.494 e. The van der Waals surface area contributed by atoms with Crippen molar-refractivity contribution < 1.29 is 70.1 Å². The van der Waals surface area contributed by atoms with E-state index in [1.807, 2.05) is 4.98 Å². The number of halogens is 2. The van der Waals surface area contributed by atoms with Gasteiger partial charge in [-0.25, -0.2) is 42.5 Å². The number of imidazole rings is 1. The molecule has 2 unspecified atom stereocenters. The SMILES string of the molecule is Nc1ncnc2c1ncn2[C@@H]1O[C@H](COP(=O)(O)SCc2ccc(OC(=O)c3ccc(OCCCCCCCCCCCCO)cc3)cc2)[C@@H](OP(=O)(O)OC[C@@H]2C[C@@H](F)[C@H](n3ccc(=O)[nH]c3=O)O2)[C@H]1F. The van der Waals surface area contributed by atoms with Gasteiger partial charge in [-0.05, 0) is 66.2 Å². The van der Waals surface area contributed by atoms with Crippen LogP contribution in [0.1, 0.15) is 99.0 Å². The van der Waals surface area contributed by atoms with Crippen molar-refractivity contribution in [1.82, 2.24) is 29.1 Å². The topological polar surface area (TPSA) is 301 Å². The van der Waals surface area contributed by atoms with Crippen molar-refractivity contribution in [3.63, 3.8) is 0 Å². The van der Waals surface area contributed by atoms with Gasteiger partial charge in [0.15, 0.2) is 30.1 Å². The zero-order chi connectivity index (χ0) is 51.3. The van der Waals surface area contributed by atoms with Crippen LogP contribution >= 0.6 is 26.0 Å². The highest BCUT2D eigenvalue weighted by atomic mass is 32.7. The third-order valence-electron chi connectivity index (χ3n) is 11.7. The fourth-order valence-corrected chi connectivity index (χ4v) is 11.2.